The van der Waals surface area contributed by atoms with E-state index in [9.17, 15) is 0 Å². The zero-order chi connectivity index (χ0) is 14.1. The van der Waals surface area contributed by atoms with Gasteiger partial charge in [0, 0.05) is 18.0 Å². The van der Waals surface area contributed by atoms with Crippen LogP contribution >= 0.6 is 0 Å². The highest BCUT2D eigenvalue weighted by molar-refractivity contribution is 5.00. The van der Waals surface area contributed by atoms with Gasteiger partial charge in [-0.25, -0.2) is 0 Å². The van der Waals surface area contributed by atoms with Crippen molar-refractivity contribution >= 4 is 0 Å². The number of rotatable bonds is 6. The van der Waals surface area contributed by atoms with E-state index >= 15 is 0 Å². The van der Waals surface area contributed by atoms with Crippen LogP contribution in [0.2, 0.25) is 0 Å². The summed E-state index contributed by atoms with van der Waals surface area (Å²) in [5.74, 6) is 0. The van der Waals surface area contributed by atoms with Gasteiger partial charge in [-0.2, -0.15) is 0 Å². The first-order valence-electron chi connectivity index (χ1n) is 8.68. The Bertz CT molecular complexity index is 343. The summed E-state index contributed by atoms with van der Waals surface area (Å²) < 4.78 is 6.53. The Morgan fingerprint density at radius 1 is 1.20 bits per heavy atom. The van der Waals surface area contributed by atoms with Crippen LogP contribution in [0.4, 0.5) is 0 Å². The van der Waals surface area contributed by atoms with Crippen molar-refractivity contribution in [3.63, 3.8) is 0 Å². The summed E-state index contributed by atoms with van der Waals surface area (Å²) in [6.07, 6.45) is 15.8. The minimum absolute atomic E-state index is 0.188. The second-order valence-electron chi connectivity index (χ2n) is 7.74. The highest BCUT2D eigenvalue weighted by Gasteiger charge is 2.42. The third-order valence-corrected chi connectivity index (χ3v) is 5.66. The molecule has 2 aliphatic carbocycles. The predicted octanol–water partition coefficient (Wildman–Crippen LogP) is 4.20. The molecule has 2 heteroatoms. The lowest BCUT2D eigenvalue weighted by Crippen LogP contribution is -2.36. The van der Waals surface area contributed by atoms with Gasteiger partial charge in [-0.15, -0.1) is 6.58 Å². The molecule has 114 valence electrons. The molecule has 1 spiro atoms. The molecule has 3 fully saturated rings. The predicted molar refractivity (Wildman–Crippen MR) is 83.9 cm³/mol. The first-order valence-corrected chi connectivity index (χ1v) is 8.68. The number of hydrogen-bond acceptors (Lipinski definition) is 2. The Kier molecular flexibility index (Phi) is 4.24. The summed E-state index contributed by atoms with van der Waals surface area (Å²) in [6, 6.07) is 0.781. The lowest BCUT2D eigenvalue weighted by atomic mass is 9.82. The standard InChI is InChI=1S/C18H31NO/c1-3-17(2,14-19-15-7-8-15)13-16-9-12-18(20-16)10-5-4-6-11-18/h3,15-16,19H,1,4-14H2,2H3. The van der Waals surface area contributed by atoms with E-state index < -0.39 is 0 Å². The van der Waals surface area contributed by atoms with Gasteiger partial charge in [-0.1, -0.05) is 32.3 Å². The fraction of sp³-hybridized carbons (Fsp3) is 0.889. The van der Waals surface area contributed by atoms with Gasteiger partial charge >= 0.3 is 0 Å². The Hall–Kier alpha value is -0.340. The van der Waals surface area contributed by atoms with Crippen LogP contribution in [0.15, 0.2) is 12.7 Å². The van der Waals surface area contributed by atoms with Crippen molar-refractivity contribution < 1.29 is 4.74 Å². The average molecular weight is 277 g/mol. The second kappa shape index (κ2) is 5.81. The molecule has 0 radical (unpaired) electrons. The first kappa shape index (κ1) is 14.6. The molecule has 3 rings (SSSR count). The second-order valence-corrected chi connectivity index (χ2v) is 7.74. The van der Waals surface area contributed by atoms with Crippen LogP contribution in [0.1, 0.15) is 71.1 Å². The van der Waals surface area contributed by atoms with Crippen LogP contribution in [0, 0.1) is 5.41 Å². The molecule has 0 amide bonds. The molecule has 0 bridgehead atoms. The van der Waals surface area contributed by atoms with Crippen LogP contribution in [0.25, 0.3) is 0 Å². The topological polar surface area (TPSA) is 21.3 Å². The van der Waals surface area contributed by atoms with Gasteiger partial charge in [0.05, 0.1) is 11.7 Å². The lowest BCUT2D eigenvalue weighted by molar-refractivity contribution is -0.0727. The Balaban J connectivity index is 1.52. The fourth-order valence-electron chi connectivity index (χ4n) is 4.02. The van der Waals surface area contributed by atoms with Gasteiger partial charge in [0.15, 0.2) is 0 Å². The molecular weight excluding hydrogens is 246 g/mol. The summed E-state index contributed by atoms with van der Waals surface area (Å²) in [5, 5.41) is 3.67. The third kappa shape index (κ3) is 3.46. The van der Waals surface area contributed by atoms with Crippen LogP contribution in [-0.4, -0.2) is 24.3 Å². The maximum Gasteiger partial charge on any atom is 0.0687 e. The molecule has 0 aromatic rings. The van der Waals surface area contributed by atoms with E-state index in [0.29, 0.717) is 6.10 Å². The van der Waals surface area contributed by atoms with Crippen molar-refractivity contribution in [1.29, 1.82) is 0 Å². The monoisotopic (exact) mass is 277 g/mol. The van der Waals surface area contributed by atoms with Crippen molar-refractivity contribution in [2.24, 2.45) is 5.41 Å². The van der Waals surface area contributed by atoms with E-state index in [0.717, 1.165) is 19.0 Å². The maximum atomic E-state index is 6.53. The fourth-order valence-corrected chi connectivity index (χ4v) is 4.02. The molecule has 20 heavy (non-hydrogen) atoms. The summed E-state index contributed by atoms with van der Waals surface area (Å²) >= 11 is 0. The van der Waals surface area contributed by atoms with Crippen LogP contribution in [0.3, 0.4) is 0 Å². The van der Waals surface area contributed by atoms with Crippen molar-refractivity contribution in [1.82, 2.24) is 5.32 Å². The molecule has 0 aromatic carbocycles. The van der Waals surface area contributed by atoms with E-state index in [2.05, 4.69) is 24.9 Å². The highest BCUT2D eigenvalue weighted by Crippen LogP contribution is 2.44. The zero-order valence-electron chi connectivity index (χ0n) is 13.1. The van der Waals surface area contributed by atoms with E-state index in [1.165, 1.54) is 57.8 Å². The minimum Gasteiger partial charge on any atom is -0.372 e. The quantitative estimate of drug-likeness (QED) is 0.735. The largest absolute Gasteiger partial charge is 0.372 e. The molecule has 2 saturated carbocycles. The van der Waals surface area contributed by atoms with Crippen molar-refractivity contribution in [2.75, 3.05) is 6.54 Å². The first-order chi connectivity index (χ1) is 9.63. The SMILES string of the molecule is C=CC(C)(CNC1CC1)CC1CCC2(CCCCC2)O1. The lowest BCUT2D eigenvalue weighted by Gasteiger charge is -2.35. The molecule has 2 unspecified atom stereocenters. The van der Waals surface area contributed by atoms with Crippen molar-refractivity contribution in [2.45, 2.75) is 88.9 Å². The van der Waals surface area contributed by atoms with E-state index in [4.69, 9.17) is 4.74 Å². The van der Waals surface area contributed by atoms with Gasteiger partial charge in [0.2, 0.25) is 0 Å². The van der Waals surface area contributed by atoms with E-state index in [-0.39, 0.29) is 11.0 Å². The Labute approximate surface area is 124 Å². The Morgan fingerprint density at radius 3 is 2.60 bits per heavy atom. The molecule has 1 N–H and O–H groups in total. The molecule has 1 aliphatic heterocycles. The van der Waals surface area contributed by atoms with Gasteiger partial charge in [0.1, 0.15) is 0 Å². The highest BCUT2D eigenvalue weighted by atomic mass is 16.5. The molecule has 2 nitrogen and oxygen atoms in total. The average Bonchev–Trinajstić information content (AvgIpc) is 3.22. The molecular formula is C18H31NO. The maximum absolute atomic E-state index is 6.53. The summed E-state index contributed by atoms with van der Waals surface area (Å²) in [6.45, 7) is 7.48. The molecule has 1 heterocycles. The smallest absolute Gasteiger partial charge is 0.0687 e. The Morgan fingerprint density at radius 2 is 1.95 bits per heavy atom. The minimum atomic E-state index is 0.188. The van der Waals surface area contributed by atoms with Gasteiger partial charge in [-0.3, -0.25) is 0 Å². The molecule has 3 aliphatic rings. The van der Waals surface area contributed by atoms with Crippen LogP contribution in [0.5, 0.6) is 0 Å². The normalized spacial score (nSPS) is 32.1. The summed E-state index contributed by atoms with van der Waals surface area (Å²) in [4.78, 5) is 0. The van der Waals surface area contributed by atoms with Gasteiger partial charge < -0.3 is 10.1 Å². The van der Waals surface area contributed by atoms with Gasteiger partial charge in [-0.05, 0) is 44.9 Å². The van der Waals surface area contributed by atoms with E-state index in [1.807, 2.05) is 0 Å². The summed E-state index contributed by atoms with van der Waals surface area (Å²) in [5.41, 5.74) is 0.447. The van der Waals surface area contributed by atoms with Gasteiger partial charge in [0.25, 0.3) is 0 Å². The van der Waals surface area contributed by atoms with Crippen molar-refractivity contribution in [3.05, 3.63) is 12.7 Å². The van der Waals surface area contributed by atoms with Crippen LogP contribution in [-0.2, 0) is 4.74 Å². The molecule has 2 atom stereocenters. The van der Waals surface area contributed by atoms with E-state index in [1.54, 1.807) is 0 Å². The molecule has 0 aromatic heterocycles. The summed E-state index contributed by atoms with van der Waals surface area (Å²) in [7, 11) is 0. The third-order valence-electron chi connectivity index (χ3n) is 5.66. The number of nitrogens with one attached hydrogen (secondary N) is 1. The number of ether oxygens (including phenoxy) is 1. The zero-order valence-corrected chi connectivity index (χ0v) is 13.1. The van der Waals surface area contributed by atoms with Crippen molar-refractivity contribution in [3.8, 4) is 0 Å². The van der Waals surface area contributed by atoms with Crippen LogP contribution < -0.4 is 5.32 Å². The molecule has 1 saturated heterocycles. The number of hydrogen-bond donors (Lipinski definition) is 1.